The number of thioether (sulfide) groups is 1. The molecular formula is C18H26N4OS. The van der Waals surface area contributed by atoms with Gasteiger partial charge in [0.2, 0.25) is 5.91 Å². The molecule has 6 heteroatoms. The molecule has 0 bridgehead atoms. The van der Waals surface area contributed by atoms with Gasteiger partial charge in [-0.15, -0.1) is 10.2 Å². The smallest absolute Gasteiger partial charge is 0.230 e. The molecule has 2 rings (SSSR count). The summed E-state index contributed by atoms with van der Waals surface area (Å²) in [5.74, 6) is 0.406. The van der Waals surface area contributed by atoms with Crippen LogP contribution >= 0.6 is 11.8 Å². The second kappa shape index (κ2) is 9.47. The van der Waals surface area contributed by atoms with Crippen LogP contribution in [0.25, 0.3) is 5.69 Å². The molecule has 24 heavy (non-hydrogen) atoms. The van der Waals surface area contributed by atoms with Crippen LogP contribution in [0.2, 0.25) is 0 Å². The van der Waals surface area contributed by atoms with Crippen molar-refractivity contribution in [1.29, 1.82) is 0 Å². The second-order valence-electron chi connectivity index (χ2n) is 5.95. The molecule has 0 aliphatic carbocycles. The molecule has 0 spiro atoms. The number of hydrogen-bond donors (Lipinski definition) is 1. The van der Waals surface area contributed by atoms with Crippen molar-refractivity contribution in [2.75, 3.05) is 12.3 Å². The lowest BCUT2D eigenvalue weighted by atomic mass is 10.1. The predicted octanol–water partition coefficient (Wildman–Crippen LogP) is 3.67. The van der Waals surface area contributed by atoms with Crippen molar-refractivity contribution in [1.82, 2.24) is 20.1 Å². The molecule has 1 amide bonds. The molecule has 0 saturated carbocycles. The molecule has 0 aliphatic heterocycles. The first-order chi connectivity index (χ1) is 11.6. The number of aryl methyl sites for hydroxylation is 2. The highest BCUT2D eigenvalue weighted by Gasteiger charge is 2.10. The third-order valence-corrected chi connectivity index (χ3v) is 4.91. The van der Waals surface area contributed by atoms with Crippen molar-refractivity contribution in [3.05, 3.63) is 35.7 Å². The first kappa shape index (κ1) is 18.5. The number of hydrogen-bond acceptors (Lipinski definition) is 4. The van der Waals surface area contributed by atoms with Gasteiger partial charge < -0.3 is 5.32 Å². The molecule has 130 valence electrons. The van der Waals surface area contributed by atoms with Gasteiger partial charge in [-0.3, -0.25) is 9.36 Å². The van der Waals surface area contributed by atoms with Gasteiger partial charge >= 0.3 is 0 Å². The number of benzene rings is 1. The van der Waals surface area contributed by atoms with Crippen LogP contribution in [0, 0.1) is 13.8 Å². The van der Waals surface area contributed by atoms with Crippen molar-refractivity contribution < 1.29 is 4.79 Å². The predicted molar refractivity (Wildman–Crippen MR) is 98.7 cm³/mol. The van der Waals surface area contributed by atoms with Gasteiger partial charge in [0, 0.05) is 12.2 Å². The summed E-state index contributed by atoms with van der Waals surface area (Å²) in [4.78, 5) is 11.9. The van der Waals surface area contributed by atoms with Crippen LogP contribution in [-0.2, 0) is 4.79 Å². The van der Waals surface area contributed by atoms with Crippen molar-refractivity contribution in [2.24, 2.45) is 0 Å². The number of carbonyl (C=O) groups is 1. The third kappa shape index (κ3) is 5.37. The Labute approximate surface area is 148 Å². The molecule has 1 aromatic carbocycles. The normalized spacial score (nSPS) is 10.8. The minimum Gasteiger partial charge on any atom is -0.355 e. The number of aromatic nitrogens is 3. The van der Waals surface area contributed by atoms with E-state index in [0.29, 0.717) is 5.75 Å². The molecule has 0 saturated heterocycles. The van der Waals surface area contributed by atoms with Crippen LogP contribution in [0.3, 0.4) is 0 Å². The van der Waals surface area contributed by atoms with Gasteiger partial charge in [0.1, 0.15) is 6.33 Å². The van der Waals surface area contributed by atoms with Gasteiger partial charge in [-0.25, -0.2) is 0 Å². The number of unbranched alkanes of at least 4 members (excludes halogenated alkanes) is 3. The molecule has 0 aliphatic rings. The SMILES string of the molecule is CCCCCCNC(=O)CSc1nncn1-c1ccc(C)c(C)c1. The largest absolute Gasteiger partial charge is 0.355 e. The summed E-state index contributed by atoms with van der Waals surface area (Å²) in [5.41, 5.74) is 3.50. The van der Waals surface area contributed by atoms with Gasteiger partial charge in [-0.2, -0.15) is 0 Å². The van der Waals surface area contributed by atoms with E-state index in [1.807, 2.05) is 10.6 Å². The Morgan fingerprint density at radius 1 is 1.21 bits per heavy atom. The number of rotatable bonds is 9. The fourth-order valence-electron chi connectivity index (χ4n) is 2.34. The molecule has 2 aromatic rings. The van der Waals surface area contributed by atoms with Crippen LogP contribution in [0.15, 0.2) is 29.7 Å². The lowest BCUT2D eigenvalue weighted by molar-refractivity contribution is -0.118. The Kier molecular flexibility index (Phi) is 7.31. The van der Waals surface area contributed by atoms with E-state index in [0.717, 1.165) is 23.8 Å². The van der Waals surface area contributed by atoms with Crippen molar-refractivity contribution in [3.8, 4) is 5.69 Å². The highest BCUT2D eigenvalue weighted by molar-refractivity contribution is 7.99. The minimum atomic E-state index is 0.0473. The van der Waals surface area contributed by atoms with Crippen molar-refractivity contribution in [2.45, 2.75) is 51.6 Å². The van der Waals surface area contributed by atoms with E-state index in [1.165, 1.54) is 42.2 Å². The third-order valence-electron chi connectivity index (χ3n) is 3.97. The second-order valence-corrected chi connectivity index (χ2v) is 6.89. The summed E-state index contributed by atoms with van der Waals surface area (Å²) in [6.45, 7) is 7.11. The van der Waals surface area contributed by atoms with Gasteiger partial charge in [0.05, 0.1) is 5.75 Å². The highest BCUT2D eigenvalue weighted by atomic mass is 32.2. The number of amides is 1. The maximum absolute atomic E-state index is 11.9. The molecular weight excluding hydrogens is 320 g/mol. The van der Waals surface area contributed by atoms with Crippen LogP contribution < -0.4 is 5.32 Å². The Balaban J connectivity index is 1.87. The lowest BCUT2D eigenvalue weighted by Gasteiger charge is -2.09. The van der Waals surface area contributed by atoms with Gasteiger partial charge in [0.25, 0.3) is 0 Å². The van der Waals surface area contributed by atoms with E-state index in [4.69, 9.17) is 0 Å². The van der Waals surface area contributed by atoms with Crippen molar-refractivity contribution in [3.63, 3.8) is 0 Å². The zero-order valence-corrected chi connectivity index (χ0v) is 15.5. The average molecular weight is 347 g/mol. The Morgan fingerprint density at radius 2 is 2.04 bits per heavy atom. The molecule has 0 fully saturated rings. The summed E-state index contributed by atoms with van der Waals surface area (Å²) in [7, 11) is 0. The zero-order chi connectivity index (χ0) is 17.4. The van der Waals surface area contributed by atoms with Crippen LogP contribution in [0.4, 0.5) is 0 Å². The quantitative estimate of drug-likeness (QED) is 0.556. The summed E-state index contributed by atoms with van der Waals surface area (Å²) in [6.07, 6.45) is 6.34. The molecule has 1 heterocycles. The van der Waals surface area contributed by atoms with E-state index in [2.05, 4.69) is 48.4 Å². The summed E-state index contributed by atoms with van der Waals surface area (Å²) >= 11 is 1.41. The molecule has 1 aromatic heterocycles. The summed E-state index contributed by atoms with van der Waals surface area (Å²) in [5, 5.41) is 11.8. The lowest BCUT2D eigenvalue weighted by Crippen LogP contribution is -2.26. The minimum absolute atomic E-state index is 0.0473. The van der Waals surface area contributed by atoms with E-state index in [9.17, 15) is 4.79 Å². The van der Waals surface area contributed by atoms with Crippen molar-refractivity contribution >= 4 is 17.7 Å². The van der Waals surface area contributed by atoms with Gasteiger partial charge in [-0.1, -0.05) is 44.0 Å². The first-order valence-electron chi connectivity index (χ1n) is 8.49. The molecule has 0 atom stereocenters. The van der Waals surface area contributed by atoms with Crippen LogP contribution in [-0.4, -0.2) is 33.0 Å². The Morgan fingerprint density at radius 3 is 2.79 bits per heavy atom. The summed E-state index contributed by atoms with van der Waals surface area (Å²) < 4.78 is 1.92. The maximum Gasteiger partial charge on any atom is 0.230 e. The molecule has 0 radical (unpaired) electrons. The number of nitrogens with one attached hydrogen (secondary N) is 1. The molecule has 5 nitrogen and oxygen atoms in total. The standard InChI is InChI=1S/C18H26N4OS/c1-4-5-6-7-10-19-17(23)12-24-18-21-20-13-22(18)16-9-8-14(2)15(3)11-16/h8-9,11,13H,4-7,10,12H2,1-3H3,(H,19,23). The summed E-state index contributed by atoms with van der Waals surface area (Å²) in [6, 6.07) is 6.24. The van der Waals surface area contributed by atoms with E-state index < -0.39 is 0 Å². The molecule has 1 N–H and O–H groups in total. The van der Waals surface area contributed by atoms with Crippen LogP contribution in [0.1, 0.15) is 43.7 Å². The number of nitrogens with zero attached hydrogens (tertiary/aromatic N) is 3. The fourth-order valence-corrected chi connectivity index (χ4v) is 3.09. The van der Waals surface area contributed by atoms with E-state index in [-0.39, 0.29) is 5.91 Å². The van der Waals surface area contributed by atoms with Gasteiger partial charge in [0.15, 0.2) is 5.16 Å². The van der Waals surface area contributed by atoms with Crippen LogP contribution in [0.5, 0.6) is 0 Å². The zero-order valence-electron chi connectivity index (χ0n) is 14.7. The fraction of sp³-hybridized carbons (Fsp3) is 0.500. The Bertz CT molecular complexity index is 669. The van der Waals surface area contributed by atoms with Gasteiger partial charge in [-0.05, 0) is 43.5 Å². The topological polar surface area (TPSA) is 59.8 Å². The first-order valence-corrected chi connectivity index (χ1v) is 9.47. The molecule has 0 unspecified atom stereocenters. The maximum atomic E-state index is 11.9. The average Bonchev–Trinajstić information content (AvgIpc) is 3.04. The Hall–Kier alpha value is -1.82. The number of carbonyl (C=O) groups excluding carboxylic acids is 1. The monoisotopic (exact) mass is 346 g/mol. The van der Waals surface area contributed by atoms with E-state index >= 15 is 0 Å². The van der Waals surface area contributed by atoms with E-state index in [1.54, 1.807) is 6.33 Å². The highest BCUT2D eigenvalue weighted by Crippen LogP contribution is 2.21.